The molecule has 0 aromatic heterocycles. The normalized spacial score (nSPS) is 13.8. The Morgan fingerprint density at radius 2 is 0.651 bits per heavy atom. The zero-order valence-corrected chi connectivity index (χ0v) is 53.2. The summed E-state index contributed by atoms with van der Waals surface area (Å²) < 4.78 is 22.7. The van der Waals surface area contributed by atoms with Crippen molar-refractivity contribution in [2.45, 2.75) is 245 Å². The minimum Gasteiger partial charge on any atom is -0.545 e. The number of allylic oxidation sites excluding steroid dienone is 26. The Balaban J connectivity index is 4.26. The minimum atomic E-state index is -1.64. The number of rotatable bonds is 58. The summed E-state index contributed by atoms with van der Waals surface area (Å²) in [4.78, 5) is 37.4. The summed E-state index contributed by atoms with van der Waals surface area (Å²) in [6, 6.07) is 0. The molecule has 0 aliphatic rings. The second-order valence-electron chi connectivity index (χ2n) is 22.3. The molecule has 9 heteroatoms. The lowest BCUT2D eigenvalue weighted by Gasteiger charge is -2.26. The van der Waals surface area contributed by atoms with Gasteiger partial charge in [0, 0.05) is 12.8 Å². The molecule has 0 saturated heterocycles. The average molecular weight is 1150 g/mol. The molecule has 9 nitrogen and oxygen atoms in total. The maximum Gasteiger partial charge on any atom is 0.306 e. The standard InChI is InChI=1S/C74H119NO8/c1-6-8-10-12-14-16-18-20-22-24-26-28-30-32-34-36-38-40-42-44-46-48-50-52-54-56-58-60-62-64-71(76)81-68-70(69-82-74(73(78)79)80-67-66-75(3,4)5)83-72(77)65-63-61-59-57-55-53-51-49-47-45-43-41-39-37-35-33-31-29-27-25-23-21-19-17-15-13-11-9-7-2/h8-11,14-17,20-23,26-29,32-35,38-41,45,47,70,74H,6-7,12-13,18-19,24-25,30-31,36-37,42-44,46,48-69H2,1-5H3/b10-8-,11-9-,16-14-,17-15-,22-20-,23-21-,28-26-,29-27-,34-32-,35-33-,40-38-,41-39-,47-45-. The van der Waals surface area contributed by atoms with Gasteiger partial charge in [0.1, 0.15) is 13.2 Å². The van der Waals surface area contributed by atoms with Crippen molar-refractivity contribution >= 4 is 17.9 Å². The van der Waals surface area contributed by atoms with E-state index in [0.717, 1.165) is 141 Å². The Morgan fingerprint density at radius 1 is 0.361 bits per heavy atom. The third kappa shape index (κ3) is 64.3. The molecule has 83 heavy (non-hydrogen) atoms. The van der Waals surface area contributed by atoms with Gasteiger partial charge in [-0.25, -0.2) is 0 Å². The smallest absolute Gasteiger partial charge is 0.306 e. The SMILES string of the molecule is CC/C=C\C/C=C\C/C=C\C/C=C\C/C=C\C/C=C\C/C=C\CCCCCCCCCC(=O)OC(COC(=O)CCCCCCCCCCCC/C=C\C/C=C\C/C=C\C/C=C\C/C=C\C/C=C\CC)COC(OCC[N+](C)(C)C)C(=O)[O-]. The molecule has 0 N–H and O–H groups in total. The van der Waals surface area contributed by atoms with E-state index in [-0.39, 0.29) is 38.6 Å². The number of unbranched alkanes of at least 4 members (excludes halogenated alkanes) is 17. The van der Waals surface area contributed by atoms with Crippen molar-refractivity contribution in [2.24, 2.45) is 0 Å². The van der Waals surface area contributed by atoms with Gasteiger partial charge in [0.15, 0.2) is 12.4 Å². The van der Waals surface area contributed by atoms with Crippen molar-refractivity contribution in [3.05, 3.63) is 158 Å². The number of likely N-dealkylation sites (N-methyl/N-ethyl adjacent to an activating group) is 1. The van der Waals surface area contributed by atoms with Crippen LogP contribution in [0.5, 0.6) is 0 Å². The van der Waals surface area contributed by atoms with Crippen LogP contribution in [0.2, 0.25) is 0 Å². The Morgan fingerprint density at radius 3 is 0.964 bits per heavy atom. The molecule has 0 amide bonds. The van der Waals surface area contributed by atoms with E-state index < -0.39 is 24.3 Å². The summed E-state index contributed by atoms with van der Waals surface area (Å²) in [5.74, 6) is -2.32. The van der Waals surface area contributed by atoms with E-state index >= 15 is 0 Å². The molecule has 0 saturated carbocycles. The van der Waals surface area contributed by atoms with E-state index in [0.29, 0.717) is 17.4 Å². The zero-order valence-electron chi connectivity index (χ0n) is 53.2. The summed E-state index contributed by atoms with van der Waals surface area (Å²) in [5, 5.41) is 11.8. The van der Waals surface area contributed by atoms with Crippen LogP contribution in [-0.2, 0) is 33.3 Å². The number of ether oxygens (including phenoxy) is 4. The molecule has 0 aliphatic heterocycles. The largest absolute Gasteiger partial charge is 0.545 e. The van der Waals surface area contributed by atoms with Gasteiger partial charge in [-0.2, -0.15) is 0 Å². The first-order valence-corrected chi connectivity index (χ1v) is 32.6. The third-order valence-corrected chi connectivity index (χ3v) is 13.3. The highest BCUT2D eigenvalue weighted by Crippen LogP contribution is 2.15. The van der Waals surface area contributed by atoms with Gasteiger partial charge < -0.3 is 33.3 Å². The molecule has 0 aromatic rings. The predicted molar refractivity (Wildman–Crippen MR) is 352 cm³/mol. The molecular weight excluding hydrogens is 1030 g/mol. The fourth-order valence-corrected chi connectivity index (χ4v) is 8.34. The van der Waals surface area contributed by atoms with Gasteiger partial charge in [-0.15, -0.1) is 0 Å². The molecular formula is C74H119NO8. The van der Waals surface area contributed by atoms with E-state index in [9.17, 15) is 19.5 Å². The summed E-state index contributed by atoms with van der Waals surface area (Å²) in [6.45, 7) is 4.48. The van der Waals surface area contributed by atoms with E-state index in [4.69, 9.17) is 18.9 Å². The van der Waals surface area contributed by atoms with Gasteiger partial charge >= 0.3 is 11.9 Å². The van der Waals surface area contributed by atoms with Crippen molar-refractivity contribution < 1.29 is 42.9 Å². The van der Waals surface area contributed by atoms with Crippen LogP contribution in [0.15, 0.2) is 158 Å². The molecule has 0 rings (SSSR count). The van der Waals surface area contributed by atoms with E-state index in [1.807, 2.05) is 21.1 Å². The topological polar surface area (TPSA) is 111 Å². The first kappa shape index (κ1) is 77.9. The number of hydrogen-bond acceptors (Lipinski definition) is 8. The summed E-state index contributed by atoms with van der Waals surface area (Å²) >= 11 is 0. The lowest BCUT2D eigenvalue weighted by Crippen LogP contribution is -2.44. The van der Waals surface area contributed by atoms with Crippen molar-refractivity contribution in [3.63, 3.8) is 0 Å². The maximum absolute atomic E-state index is 12.9. The Kier molecular flexibility index (Phi) is 59.1. The quantitative estimate of drug-likeness (QED) is 0.0195. The number of carbonyl (C=O) groups excluding carboxylic acids is 3. The number of carboxylic acid groups (broad SMARTS) is 1. The highest BCUT2D eigenvalue weighted by Gasteiger charge is 2.22. The Bertz CT molecular complexity index is 1920. The van der Waals surface area contributed by atoms with Gasteiger partial charge in [0.05, 0.1) is 40.3 Å². The number of carboxylic acids is 1. The lowest BCUT2D eigenvalue weighted by atomic mass is 10.1. The highest BCUT2D eigenvalue weighted by molar-refractivity contribution is 5.70. The van der Waals surface area contributed by atoms with Crippen LogP contribution < -0.4 is 5.11 Å². The molecule has 2 unspecified atom stereocenters. The van der Waals surface area contributed by atoms with Crippen LogP contribution in [-0.4, -0.2) is 82.3 Å². The number of aliphatic carboxylic acids is 1. The van der Waals surface area contributed by atoms with Gasteiger partial charge in [0.2, 0.25) is 0 Å². The molecule has 0 bridgehead atoms. The Labute approximate surface area is 508 Å². The first-order chi connectivity index (χ1) is 40.6. The number of carbonyl (C=O) groups is 3. The van der Waals surface area contributed by atoms with Crippen molar-refractivity contribution in [1.82, 2.24) is 0 Å². The van der Waals surface area contributed by atoms with Crippen LogP contribution in [0.4, 0.5) is 0 Å². The lowest BCUT2D eigenvalue weighted by molar-refractivity contribution is -0.870. The van der Waals surface area contributed by atoms with E-state index in [1.54, 1.807) is 0 Å². The summed E-state index contributed by atoms with van der Waals surface area (Å²) in [7, 11) is 5.91. The van der Waals surface area contributed by atoms with Crippen molar-refractivity contribution in [2.75, 3.05) is 47.5 Å². The zero-order chi connectivity index (χ0) is 60.5. The fraction of sp³-hybridized carbons (Fsp3) is 0.608. The second-order valence-corrected chi connectivity index (χ2v) is 22.3. The molecule has 0 aromatic carbocycles. The number of esters is 2. The Hall–Kier alpha value is -5.09. The van der Waals surface area contributed by atoms with Gasteiger partial charge in [0.25, 0.3) is 0 Å². The second kappa shape index (κ2) is 62.9. The molecule has 0 fully saturated rings. The molecule has 2 atom stereocenters. The molecule has 0 spiro atoms. The number of quaternary nitrogens is 1. The highest BCUT2D eigenvalue weighted by atomic mass is 16.7. The number of hydrogen-bond donors (Lipinski definition) is 0. The van der Waals surface area contributed by atoms with Gasteiger partial charge in [-0.3, -0.25) is 9.59 Å². The summed E-state index contributed by atoms with van der Waals surface area (Å²) in [5.41, 5.74) is 0. The van der Waals surface area contributed by atoms with E-state index in [1.165, 1.54) is 57.8 Å². The van der Waals surface area contributed by atoms with Crippen molar-refractivity contribution in [1.29, 1.82) is 0 Å². The van der Waals surface area contributed by atoms with Crippen molar-refractivity contribution in [3.8, 4) is 0 Å². The van der Waals surface area contributed by atoms with Gasteiger partial charge in [-0.1, -0.05) is 255 Å². The van der Waals surface area contributed by atoms with Crippen LogP contribution in [0.1, 0.15) is 232 Å². The van der Waals surface area contributed by atoms with E-state index in [2.05, 4.69) is 172 Å². The van der Waals surface area contributed by atoms with Crippen LogP contribution in [0.25, 0.3) is 0 Å². The molecule has 468 valence electrons. The van der Waals surface area contributed by atoms with Gasteiger partial charge in [-0.05, 0) is 122 Å². The van der Waals surface area contributed by atoms with Crippen LogP contribution >= 0.6 is 0 Å². The van der Waals surface area contributed by atoms with Crippen LogP contribution in [0.3, 0.4) is 0 Å². The molecule has 0 heterocycles. The number of nitrogens with zero attached hydrogens (tertiary/aromatic N) is 1. The first-order valence-electron chi connectivity index (χ1n) is 32.6. The summed E-state index contributed by atoms with van der Waals surface area (Å²) in [6.07, 6.45) is 90.1. The average Bonchev–Trinajstić information content (AvgIpc) is 3.46. The predicted octanol–water partition coefficient (Wildman–Crippen LogP) is 18.8. The molecule has 0 aliphatic carbocycles. The maximum atomic E-state index is 12.9. The fourth-order valence-electron chi connectivity index (χ4n) is 8.34. The minimum absolute atomic E-state index is 0.136. The monoisotopic (exact) mass is 1150 g/mol. The third-order valence-electron chi connectivity index (χ3n) is 13.3. The van der Waals surface area contributed by atoms with Crippen LogP contribution in [0, 0.1) is 0 Å². The molecule has 0 radical (unpaired) electrons.